The predicted molar refractivity (Wildman–Crippen MR) is 72.7 cm³/mol. The second-order valence-electron chi connectivity index (χ2n) is 4.27. The summed E-state index contributed by atoms with van der Waals surface area (Å²) in [7, 11) is 0. The Morgan fingerprint density at radius 1 is 1.20 bits per heavy atom. The van der Waals surface area contributed by atoms with Crippen LogP contribution in [0.4, 0.5) is 4.79 Å². The van der Waals surface area contributed by atoms with Crippen LogP contribution in [0.5, 0.6) is 0 Å². The molecule has 0 bridgehead atoms. The van der Waals surface area contributed by atoms with E-state index in [9.17, 15) is 14.4 Å². The maximum absolute atomic E-state index is 11.4. The average molecular weight is 286 g/mol. The topological polar surface area (TPSA) is 93.7 Å². The third-order valence-corrected chi connectivity index (χ3v) is 2.46. The fraction of sp³-hybridized carbons (Fsp3) is 0.615. The molecule has 0 aliphatic carbocycles. The van der Waals surface area contributed by atoms with Crippen LogP contribution in [0.15, 0.2) is 12.2 Å². The Morgan fingerprint density at radius 2 is 1.85 bits per heavy atom. The molecule has 0 heterocycles. The lowest BCUT2D eigenvalue weighted by Gasteiger charge is -2.11. The lowest BCUT2D eigenvalue weighted by atomic mass is 10.1. The van der Waals surface area contributed by atoms with E-state index >= 15 is 0 Å². The Kier molecular flexibility index (Phi) is 8.82. The van der Waals surface area contributed by atoms with Crippen LogP contribution in [0.3, 0.4) is 0 Å². The highest BCUT2D eigenvalue weighted by Crippen LogP contribution is 1.98. The van der Waals surface area contributed by atoms with E-state index in [2.05, 4.69) is 17.2 Å². The third kappa shape index (κ3) is 8.12. The van der Waals surface area contributed by atoms with Gasteiger partial charge in [0, 0.05) is 11.5 Å². The molecule has 0 aliphatic rings. The summed E-state index contributed by atoms with van der Waals surface area (Å²) in [5.74, 6) is -0.806. The Labute approximate surface area is 118 Å². The molecule has 1 atom stereocenters. The van der Waals surface area contributed by atoms with E-state index in [0.29, 0.717) is 12.0 Å². The molecule has 2 amide bonds. The molecule has 7 heteroatoms. The highest BCUT2D eigenvalue weighted by molar-refractivity contribution is 5.86. The van der Waals surface area contributed by atoms with Crippen molar-refractivity contribution in [3.8, 4) is 0 Å². The Bertz CT molecular complexity index is 368. The summed E-state index contributed by atoms with van der Waals surface area (Å²) in [4.78, 5) is 33.6. The summed E-state index contributed by atoms with van der Waals surface area (Å²) in [6.07, 6.45) is 0.0207. The number of ether oxygens (including phenoxy) is 2. The first-order chi connectivity index (χ1) is 9.38. The molecule has 0 aromatic rings. The van der Waals surface area contributed by atoms with E-state index in [4.69, 9.17) is 9.47 Å². The van der Waals surface area contributed by atoms with Crippen LogP contribution in [0.2, 0.25) is 0 Å². The van der Waals surface area contributed by atoms with Gasteiger partial charge in [0.1, 0.15) is 6.61 Å². The molecule has 0 spiro atoms. The van der Waals surface area contributed by atoms with Gasteiger partial charge in [-0.2, -0.15) is 0 Å². The van der Waals surface area contributed by atoms with E-state index in [0.717, 1.165) is 0 Å². The summed E-state index contributed by atoms with van der Waals surface area (Å²) < 4.78 is 9.49. The summed E-state index contributed by atoms with van der Waals surface area (Å²) in [6.45, 7) is 8.58. The van der Waals surface area contributed by atoms with Gasteiger partial charge in [0.05, 0.1) is 6.54 Å². The number of esters is 1. The van der Waals surface area contributed by atoms with E-state index in [1.807, 2.05) is 6.92 Å². The first-order valence-corrected chi connectivity index (χ1v) is 6.39. The van der Waals surface area contributed by atoms with Crippen LogP contribution >= 0.6 is 0 Å². The minimum Gasteiger partial charge on any atom is -0.460 e. The van der Waals surface area contributed by atoms with Crippen molar-refractivity contribution in [2.24, 2.45) is 5.92 Å². The summed E-state index contributed by atoms with van der Waals surface area (Å²) in [5, 5.41) is 4.84. The van der Waals surface area contributed by atoms with Crippen molar-refractivity contribution >= 4 is 18.0 Å². The van der Waals surface area contributed by atoms with Gasteiger partial charge in [0.2, 0.25) is 5.91 Å². The van der Waals surface area contributed by atoms with Crippen molar-refractivity contribution in [2.75, 3.05) is 19.9 Å². The lowest BCUT2D eigenvalue weighted by molar-refractivity contribution is -0.138. The highest BCUT2D eigenvalue weighted by Gasteiger charge is 2.10. The molecule has 1 unspecified atom stereocenters. The van der Waals surface area contributed by atoms with Gasteiger partial charge in [-0.1, -0.05) is 20.4 Å². The molecular weight excluding hydrogens is 264 g/mol. The maximum atomic E-state index is 11.4. The first kappa shape index (κ1) is 17.9. The van der Waals surface area contributed by atoms with Crippen molar-refractivity contribution < 1.29 is 23.9 Å². The molecule has 0 saturated carbocycles. The number of amides is 2. The van der Waals surface area contributed by atoms with Gasteiger partial charge in [-0.15, -0.1) is 0 Å². The summed E-state index contributed by atoms with van der Waals surface area (Å²) in [5.41, 5.74) is 0.292. The molecule has 0 radical (unpaired) electrons. The molecule has 0 saturated heterocycles. The molecule has 114 valence electrons. The third-order valence-electron chi connectivity index (χ3n) is 2.46. The Morgan fingerprint density at radius 3 is 2.40 bits per heavy atom. The normalized spacial score (nSPS) is 11.2. The smallest absolute Gasteiger partial charge is 0.408 e. The van der Waals surface area contributed by atoms with Crippen molar-refractivity contribution in [1.82, 2.24) is 10.6 Å². The zero-order chi connectivity index (χ0) is 15.5. The van der Waals surface area contributed by atoms with Gasteiger partial charge in [0.15, 0.2) is 6.73 Å². The lowest BCUT2D eigenvalue weighted by Crippen LogP contribution is -2.35. The van der Waals surface area contributed by atoms with Crippen molar-refractivity contribution in [1.29, 1.82) is 0 Å². The number of hydrogen-bond acceptors (Lipinski definition) is 5. The van der Waals surface area contributed by atoms with E-state index in [1.54, 1.807) is 6.92 Å². The van der Waals surface area contributed by atoms with Gasteiger partial charge in [-0.3, -0.25) is 4.79 Å². The number of nitrogens with one attached hydrogen (secondary N) is 2. The number of carbonyl (C=O) groups excluding carboxylic acids is 3. The average Bonchev–Trinajstić information content (AvgIpc) is 2.41. The maximum Gasteiger partial charge on any atom is 0.408 e. The minimum absolute atomic E-state index is 0.0278. The summed E-state index contributed by atoms with van der Waals surface area (Å²) >= 11 is 0. The van der Waals surface area contributed by atoms with Crippen LogP contribution in [-0.4, -0.2) is 37.9 Å². The number of carbonyl (C=O) groups is 3. The monoisotopic (exact) mass is 286 g/mol. The van der Waals surface area contributed by atoms with Gasteiger partial charge in [-0.05, 0) is 13.3 Å². The van der Waals surface area contributed by atoms with Crippen molar-refractivity contribution in [3.05, 3.63) is 12.2 Å². The van der Waals surface area contributed by atoms with Gasteiger partial charge < -0.3 is 20.1 Å². The second kappa shape index (κ2) is 9.82. The van der Waals surface area contributed by atoms with Gasteiger partial charge in [-0.25, -0.2) is 9.59 Å². The van der Waals surface area contributed by atoms with Crippen molar-refractivity contribution in [3.63, 3.8) is 0 Å². The zero-order valence-electron chi connectivity index (χ0n) is 12.2. The second-order valence-corrected chi connectivity index (χ2v) is 4.27. The minimum atomic E-state index is -0.694. The van der Waals surface area contributed by atoms with Crippen molar-refractivity contribution in [2.45, 2.75) is 27.2 Å². The van der Waals surface area contributed by atoms with Gasteiger partial charge >= 0.3 is 12.1 Å². The van der Waals surface area contributed by atoms with E-state index in [-0.39, 0.29) is 31.7 Å². The van der Waals surface area contributed by atoms with Crippen LogP contribution in [0.25, 0.3) is 0 Å². The Hall–Kier alpha value is -2.05. The molecular formula is C13H22N2O5. The molecule has 20 heavy (non-hydrogen) atoms. The van der Waals surface area contributed by atoms with Crippen LogP contribution in [0.1, 0.15) is 27.2 Å². The van der Waals surface area contributed by atoms with E-state index in [1.165, 1.54) is 6.92 Å². The number of hydrogen-bond donors (Lipinski definition) is 2. The van der Waals surface area contributed by atoms with E-state index < -0.39 is 12.1 Å². The molecule has 0 fully saturated rings. The van der Waals surface area contributed by atoms with Crippen LogP contribution in [-0.2, 0) is 19.1 Å². The van der Waals surface area contributed by atoms with Crippen LogP contribution in [0, 0.1) is 5.92 Å². The molecule has 2 N–H and O–H groups in total. The number of alkyl carbamates (subject to hydrolysis) is 1. The highest BCUT2D eigenvalue weighted by atomic mass is 16.6. The van der Waals surface area contributed by atoms with Crippen LogP contribution < -0.4 is 10.6 Å². The largest absolute Gasteiger partial charge is 0.460 e. The van der Waals surface area contributed by atoms with Gasteiger partial charge in [0.25, 0.3) is 0 Å². The molecule has 0 aliphatic heterocycles. The SMILES string of the molecule is C=C(C)C(=O)OCCNC(=O)OCNC(=O)C(C)CC. The Balaban J connectivity index is 3.63. The molecule has 0 aromatic carbocycles. The fourth-order valence-corrected chi connectivity index (χ4v) is 1.00. The summed E-state index contributed by atoms with van der Waals surface area (Å²) in [6, 6.07) is 0. The first-order valence-electron chi connectivity index (χ1n) is 6.39. The number of rotatable bonds is 8. The quantitative estimate of drug-likeness (QED) is 0.300. The standard InChI is InChI=1S/C13H22N2O5/c1-5-10(4)11(16)15-8-20-13(18)14-6-7-19-12(17)9(2)3/h10H,2,5-8H2,1,3-4H3,(H,14,18)(H,15,16). The predicted octanol–water partition coefficient (Wildman–Crippen LogP) is 0.952. The molecule has 0 aromatic heterocycles. The molecule has 0 rings (SSSR count). The molecule has 7 nitrogen and oxygen atoms in total. The zero-order valence-corrected chi connectivity index (χ0v) is 12.2. The fourth-order valence-electron chi connectivity index (χ4n) is 1.00.